The predicted octanol–water partition coefficient (Wildman–Crippen LogP) is 3.51. The van der Waals surface area contributed by atoms with E-state index in [1.54, 1.807) is 13.0 Å². The maximum absolute atomic E-state index is 11.3. The topological polar surface area (TPSA) is 134 Å². The van der Waals surface area contributed by atoms with Gasteiger partial charge in [-0.2, -0.15) is 5.10 Å². The third-order valence-electron chi connectivity index (χ3n) is 5.39. The van der Waals surface area contributed by atoms with Gasteiger partial charge >= 0.3 is 17.9 Å². The molecule has 10 nitrogen and oxygen atoms in total. The molecule has 0 bridgehead atoms. The number of hydrogen-bond acceptors (Lipinski definition) is 7. The van der Waals surface area contributed by atoms with Gasteiger partial charge < -0.3 is 25.2 Å². The highest BCUT2D eigenvalue weighted by Gasteiger charge is 2.23. The van der Waals surface area contributed by atoms with Crippen LogP contribution in [0.25, 0.3) is 0 Å². The number of hydrogen-bond donors (Lipinski definition) is 3. The Labute approximate surface area is 221 Å². The Morgan fingerprint density at radius 1 is 1.11 bits per heavy atom. The van der Waals surface area contributed by atoms with E-state index in [9.17, 15) is 14.4 Å². The number of aromatic nitrogens is 2. The zero-order chi connectivity index (χ0) is 27.2. The molecule has 0 atom stereocenters. The normalized spacial score (nSPS) is 12.5. The number of fused-ring (bicyclic) bond motifs is 2. The molecule has 37 heavy (non-hydrogen) atoms. The average Bonchev–Trinajstić information content (AvgIpc) is 3.13. The summed E-state index contributed by atoms with van der Waals surface area (Å²) in [6, 6.07) is 6.18. The van der Waals surface area contributed by atoms with Gasteiger partial charge in [0.25, 0.3) is 0 Å². The number of esters is 1. The van der Waals surface area contributed by atoms with Gasteiger partial charge in [-0.3, -0.25) is 4.68 Å². The van der Waals surface area contributed by atoms with Crippen molar-refractivity contribution in [3.05, 3.63) is 64.8 Å². The summed E-state index contributed by atoms with van der Waals surface area (Å²) in [5.74, 6) is -1.64. The molecule has 1 aliphatic rings. The lowest BCUT2D eigenvalue weighted by Crippen LogP contribution is -2.23. The maximum Gasteiger partial charge on any atom is 0.330 e. The minimum Gasteiger partial charge on any atom is -0.478 e. The molecule has 2 aromatic rings. The highest BCUT2D eigenvalue weighted by molar-refractivity contribution is 6.30. The second-order valence-corrected chi connectivity index (χ2v) is 8.55. The largest absolute Gasteiger partial charge is 0.478 e. The van der Waals surface area contributed by atoms with Crippen LogP contribution in [0.5, 0.6) is 0 Å². The van der Waals surface area contributed by atoms with Gasteiger partial charge in [-0.1, -0.05) is 23.7 Å². The van der Waals surface area contributed by atoms with Crippen molar-refractivity contribution in [1.29, 1.82) is 0 Å². The summed E-state index contributed by atoms with van der Waals surface area (Å²) in [5, 5.41) is 24.2. The number of carbonyl (C=O) groups is 3. The first-order chi connectivity index (χ1) is 17.7. The van der Waals surface area contributed by atoms with E-state index in [4.69, 9.17) is 26.6 Å². The molecule has 0 saturated carbocycles. The van der Waals surface area contributed by atoms with Gasteiger partial charge in [-0.15, -0.1) is 0 Å². The number of halogens is 1. The van der Waals surface area contributed by atoms with Gasteiger partial charge in [-0.25, -0.2) is 14.4 Å². The van der Waals surface area contributed by atoms with Crippen molar-refractivity contribution < 1.29 is 29.3 Å². The van der Waals surface area contributed by atoms with E-state index < -0.39 is 11.9 Å². The molecule has 3 N–H and O–H groups in total. The van der Waals surface area contributed by atoms with E-state index in [1.165, 1.54) is 22.9 Å². The smallest absolute Gasteiger partial charge is 0.330 e. The number of benzene rings is 1. The van der Waals surface area contributed by atoms with Crippen LogP contribution in [-0.4, -0.2) is 64.1 Å². The first kappa shape index (κ1) is 29.6. The fraction of sp³-hybridized carbons (Fsp3) is 0.385. The summed E-state index contributed by atoms with van der Waals surface area (Å²) < 4.78 is 6.82. The second kappa shape index (κ2) is 15.5. The third kappa shape index (κ3) is 10.1. The van der Waals surface area contributed by atoms with E-state index in [1.807, 2.05) is 24.0 Å². The Balaban J connectivity index is 0.000000521. The number of carbonyl (C=O) groups excluding carboxylic acids is 1. The Bertz CT molecular complexity index is 1110. The molecular formula is C26H33ClN4O6. The monoisotopic (exact) mass is 532 g/mol. The molecule has 0 saturated heterocycles. The maximum atomic E-state index is 11.3. The highest BCUT2D eigenvalue weighted by atomic mass is 35.5. The summed E-state index contributed by atoms with van der Waals surface area (Å²) in [6.07, 6.45) is 10.4. The summed E-state index contributed by atoms with van der Waals surface area (Å²) in [7, 11) is 2.00. The SMILES string of the molecule is CCOC(=O)/C=C/CNCCCCN1c2cc(Cl)ccc2CCc2cnn(C)c21.O=C(O)/C=C\C(=O)O. The Hall–Kier alpha value is -3.63. The van der Waals surface area contributed by atoms with Crippen LogP contribution in [0.15, 0.2) is 48.7 Å². The van der Waals surface area contributed by atoms with Crippen molar-refractivity contribution in [3.63, 3.8) is 0 Å². The lowest BCUT2D eigenvalue weighted by Gasteiger charge is -2.26. The molecule has 0 radical (unpaired) electrons. The van der Waals surface area contributed by atoms with Gasteiger partial charge in [0.05, 0.1) is 12.8 Å². The van der Waals surface area contributed by atoms with Crippen molar-refractivity contribution in [2.75, 3.05) is 31.1 Å². The molecule has 3 rings (SSSR count). The first-order valence-corrected chi connectivity index (χ1v) is 12.4. The number of aryl methyl sites for hydroxylation is 3. The van der Waals surface area contributed by atoms with Crippen LogP contribution in [0.4, 0.5) is 11.5 Å². The molecule has 2 heterocycles. The Morgan fingerprint density at radius 2 is 1.81 bits per heavy atom. The number of nitrogens with one attached hydrogen (secondary N) is 1. The average molecular weight is 533 g/mol. The minimum atomic E-state index is -1.26. The molecule has 200 valence electrons. The summed E-state index contributed by atoms with van der Waals surface area (Å²) in [4.78, 5) is 32.7. The van der Waals surface area contributed by atoms with Gasteiger partial charge in [0.15, 0.2) is 0 Å². The minimum absolute atomic E-state index is 0.292. The summed E-state index contributed by atoms with van der Waals surface area (Å²) in [6.45, 7) is 4.66. The van der Waals surface area contributed by atoms with Crippen LogP contribution in [0.1, 0.15) is 30.9 Å². The van der Waals surface area contributed by atoms with Crippen LogP contribution in [-0.2, 0) is 39.0 Å². The number of carboxylic acids is 2. The van der Waals surface area contributed by atoms with Crippen molar-refractivity contribution in [2.45, 2.75) is 32.6 Å². The molecule has 1 aromatic heterocycles. The zero-order valence-corrected chi connectivity index (χ0v) is 21.8. The molecule has 0 amide bonds. The Kier molecular flexibility index (Phi) is 12.4. The summed E-state index contributed by atoms with van der Waals surface area (Å²) >= 11 is 6.31. The number of aliphatic carboxylic acids is 2. The van der Waals surface area contributed by atoms with Crippen LogP contribution in [0.3, 0.4) is 0 Å². The molecule has 0 unspecified atom stereocenters. The number of rotatable bonds is 11. The van der Waals surface area contributed by atoms with E-state index in [-0.39, 0.29) is 5.97 Å². The number of anilines is 2. The quantitative estimate of drug-likeness (QED) is 0.226. The molecule has 1 aromatic carbocycles. The van der Waals surface area contributed by atoms with Crippen LogP contribution in [0, 0.1) is 0 Å². The van der Waals surface area contributed by atoms with Gasteiger partial charge in [0.1, 0.15) is 5.82 Å². The van der Waals surface area contributed by atoms with Crippen molar-refractivity contribution in [2.24, 2.45) is 7.05 Å². The second-order valence-electron chi connectivity index (χ2n) is 8.12. The lowest BCUT2D eigenvalue weighted by atomic mass is 10.1. The van der Waals surface area contributed by atoms with Gasteiger partial charge in [0, 0.05) is 54.6 Å². The molecule has 0 aliphatic carbocycles. The van der Waals surface area contributed by atoms with Crippen molar-refractivity contribution in [1.82, 2.24) is 15.1 Å². The Morgan fingerprint density at radius 3 is 2.49 bits per heavy atom. The fourth-order valence-corrected chi connectivity index (χ4v) is 3.97. The molecular weight excluding hydrogens is 500 g/mol. The third-order valence-corrected chi connectivity index (χ3v) is 5.63. The zero-order valence-electron chi connectivity index (χ0n) is 21.0. The van der Waals surface area contributed by atoms with Crippen LogP contribution >= 0.6 is 11.6 Å². The molecule has 1 aliphatic heterocycles. The standard InChI is InChI=1S/C22H29ClN4O2.C4H4O4/c1-3-29-21(28)7-6-13-24-12-4-5-14-27-20-15-19(23)11-10-17(20)8-9-18-16-25-26(2)22(18)27;5-3(6)1-2-4(7)8/h6-7,10-11,15-16,24H,3-5,8-9,12-14H2,1-2H3;1-2H,(H,5,6)(H,7,8)/b7-6+;2-1-. The van der Waals surface area contributed by atoms with Crippen molar-refractivity contribution in [3.8, 4) is 0 Å². The van der Waals surface area contributed by atoms with E-state index >= 15 is 0 Å². The lowest BCUT2D eigenvalue weighted by molar-refractivity contribution is -0.137. The van der Waals surface area contributed by atoms with Crippen molar-refractivity contribution >= 4 is 41.0 Å². The van der Waals surface area contributed by atoms with E-state index in [0.717, 1.165) is 49.6 Å². The fourth-order valence-electron chi connectivity index (χ4n) is 3.80. The number of nitrogens with zero attached hydrogens (tertiary/aromatic N) is 3. The highest BCUT2D eigenvalue weighted by Crippen LogP contribution is 2.37. The van der Waals surface area contributed by atoms with E-state index in [0.29, 0.717) is 25.3 Å². The number of unbranched alkanes of at least 4 members (excludes halogenated alkanes) is 1. The number of carboxylic acid groups (broad SMARTS) is 2. The molecule has 0 spiro atoms. The van der Waals surface area contributed by atoms with Crippen LogP contribution < -0.4 is 10.2 Å². The van der Waals surface area contributed by atoms with Crippen LogP contribution in [0.2, 0.25) is 5.02 Å². The number of ether oxygens (including phenoxy) is 1. The molecule has 0 fully saturated rings. The first-order valence-electron chi connectivity index (χ1n) is 12.0. The predicted molar refractivity (Wildman–Crippen MR) is 141 cm³/mol. The van der Waals surface area contributed by atoms with E-state index in [2.05, 4.69) is 27.4 Å². The molecule has 11 heteroatoms. The van der Waals surface area contributed by atoms with Gasteiger partial charge in [-0.05, 0) is 56.8 Å². The summed E-state index contributed by atoms with van der Waals surface area (Å²) in [5.41, 5.74) is 3.79. The van der Waals surface area contributed by atoms with Gasteiger partial charge in [0.2, 0.25) is 0 Å².